The third-order valence-corrected chi connectivity index (χ3v) is 6.44. The number of ether oxygens (including phenoxy) is 1. The molecular weight excluding hydrogens is 434 g/mol. The van der Waals surface area contributed by atoms with Crippen LogP contribution >= 0.6 is 0 Å². The predicted molar refractivity (Wildman–Crippen MR) is 137 cm³/mol. The number of carbonyl (C=O) groups excluding carboxylic acids is 2. The molecule has 4 aromatic rings. The minimum atomic E-state index is -1.28. The van der Waals surface area contributed by atoms with Gasteiger partial charge in [-0.05, 0) is 23.3 Å². The average molecular weight is 460 g/mol. The molecule has 0 N–H and O–H groups in total. The fourth-order valence-electron chi connectivity index (χ4n) is 4.67. The van der Waals surface area contributed by atoms with E-state index >= 15 is 0 Å². The molecule has 0 fully saturated rings. The molecular formula is C31H25NO3. The number of benzene rings is 4. The minimum Gasteiger partial charge on any atom is -0.405 e. The molecule has 0 aromatic heterocycles. The second-order valence-corrected chi connectivity index (χ2v) is 8.72. The van der Waals surface area contributed by atoms with E-state index in [1.54, 1.807) is 12.1 Å². The second-order valence-electron chi connectivity index (χ2n) is 8.72. The zero-order valence-electron chi connectivity index (χ0n) is 19.2. The van der Waals surface area contributed by atoms with Crippen LogP contribution in [0.15, 0.2) is 126 Å². The summed E-state index contributed by atoms with van der Waals surface area (Å²) in [7, 11) is 0. The minimum absolute atomic E-state index is 0.0388. The van der Waals surface area contributed by atoms with Crippen molar-refractivity contribution in [2.24, 2.45) is 4.99 Å². The van der Waals surface area contributed by atoms with Crippen molar-refractivity contribution in [2.75, 3.05) is 0 Å². The molecule has 1 heterocycles. The highest BCUT2D eigenvalue weighted by molar-refractivity contribution is 6.09. The Morgan fingerprint density at radius 1 is 0.743 bits per heavy atom. The maximum atomic E-state index is 13.8. The number of esters is 1. The van der Waals surface area contributed by atoms with Gasteiger partial charge in [-0.15, -0.1) is 0 Å². The lowest BCUT2D eigenvalue weighted by molar-refractivity contribution is -0.139. The summed E-state index contributed by atoms with van der Waals surface area (Å²) in [6, 6.07) is 38.1. The van der Waals surface area contributed by atoms with Gasteiger partial charge in [-0.2, -0.15) is 0 Å². The van der Waals surface area contributed by atoms with Crippen LogP contribution in [0.1, 0.15) is 39.4 Å². The third kappa shape index (κ3) is 4.69. The highest BCUT2D eigenvalue weighted by atomic mass is 16.6. The molecule has 4 aromatic carbocycles. The van der Waals surface area contributed by atoms with E-state index in [1.807, 2.05) is 109 Å². The van der Waals surface area contributed by atoms with Crippen LogP contribution in [0.2, 0.25) is 0 Å². The Labute approximate surface area is 204 Å². The first-order valence-corrected chi connectivity index (χ1v) is 11.7. The first-order chi connectivity index (χ1) is 17.2. The highest BCUT2D eigenvalue weighted by Crippen LogP contribution is 2.42. The Balaban J connectivity index is 1.65. The van der Waals surface area contributed by atoms with Crippen molar-refractivity contribution in [2.45, 2.75) is 24.3 Å². The van der Waals surface area contributed by atoms with Crippen LogP contribution in [-0.4, -0.2) is 23.2 Å². The Bertz CT molecular complexity index is 1340. The van der Waals surface area contributed by atoms with E-state index < -0.39 is 17.4 Å². The van der Waals surface area contributed by atoms with Gasteiger partial charge in [0.2, 0.25) is 5.90 Å². The quantitative estimate of drug-likeness (QED) is 0.239. The van der Waals surface area contributed by atoms with Gasteiger partial charge in [0, 0.05) is 29.9 Å². The van der Waals surface area contributed by atoms with Crippen LogP contribution in [0.3, 0.4) is 0 Å². The maximum Gasteiger partial charge on any atom is 0.341 e. The van der Waals surface area contributed by atoms with Crippen LogP contribution in [-0.2, 0) is 16.0 Å². The molecule has 0 unspecified atom stereocenters. The molecule has 4 nitrogen and oxygen atoms in total. The number of carbonyl (C=O) groups is 2. The molecule has 1 aliphatic heterocycles. The van der Waals surface area contributed by atoms with Crippen molar-refractivity contribution in [3.05, 3.63) is 144 Å². The lowest BCUT2D eigenvalue weighted by Gasteiger charge is -2.32. The summed E-state index contributed by atoms with van der Waals surface area (Å²) in [5.74, 6) is -0.692. The molecule has 0 bridgehead atoms. The SMILES string of the molecule is O=C(C[C@@H](c1ccccc1)[C@]1(Cc2ccccc2)N=C(c2ccccc2)OC1=O)c1ccccc1. The molecule has 0 spiro atoms. The van der Waals surface area contributed by atoms with Crippen LogP contribution in [0.5, 0.6) is 0 Å². The van der Waals surface area contributed by atoms with Crippen molar-refractivity contribution in [1.82, 2.24) is 0 Å². The van der Waals surface area contributed by atoms with Crippen LogP contribution in [0.4, 0.5) is 0 Å². The predicted octanol–water partition coefficient (Wildman–Crippen LogP) is 6.03. The van der Waals surface area contributed by atoms with Crippen molar-refractivity contribution >= 4 is 17.7 Å². The lowest BCUT2D eigenvalue weighted by atomic mass is 9.73. The Hall–Kier alpha value is -4.31. The van der Waals surface area contributed by atoms with Crippen molar-refractivity contribution in [3.63, 3.8) is 0 Å². The Morgan fingerprint density at radius 3 is 1.91 bits per heavy atom. The third-order valence-electron chi connectivity index (χ3n) is 6.44. The Kier molecular flexibility index (Phi) is 6.36. The van der Waals surface area contributed by atoms with Gasteiger partial charge >= 0.3 is 5.97 Å². The number of ketones is 1. The monoisotopic (exact) mass is 459 g/mol. The number of rotatable bonds is 8. The number of aliphatic imine (C=N–C) groups is 1. The molecule has 35 heavy (non-hydrogen) atoms. The fraction of sp³-hybridized carbons (Fsp3) is 0.129. The van der Waals surface area contributed by atoms with E-state index in [1.165, 1.54) is 0 Å². The summed E-state index contributed by atoms with van der Waals surface area (Å²) in [5, 5.41) is 0. The summed E-state index contributed by atoms with van der Waals surface area (Å²) in [6.45, 7) is 0. The molecule has 1 aliphatic rings. The zero-order chi connectivity index (χ0) is 24.1. The summed E-state index contributed by atoms with van der Waals surface area (Å²) >= 11 is 0. The number of hydrogen-bond acceptors (Lipinski definition) is 4. The van der Waals surface area contributed by atoms with E-state index in [2.05, 4.69) is 0 Å². The van der Waals surface area contributed by atoms with Crippen LogP contribution in [0, 0.1) is 0 Å². The number of Topliss-reactive ketones (excluding diaryl/α,β-unsaturated/α-hetero) is 1. The molecule has 0 radical (unpaired) electrons. The van der Waals surface area contributed by atoms with E-state index in [0.29, 0.717) is 17.9 Å². The lowest BCUT2D eigenvalue weighted by Crippen LogP contribution is -2.43. The van der Waals surface area contributed by atoms with Gasteiger partial charge < -0.3 is 4.74 Å². The molecule has 0 saturated carbocycles. The standard InChI is InChI=1S/C31H25NO3/c33-28(25-17-9-3-10-18-25)21-27(24-15-7-2-8-16-24)31(22-23-13-5-1-6-14-23)30(34)35-29(32-31)26-19-11-4-12-20-26/h1-20,27H,21-22H2/t27-,31-/m0/s1. The van der Waals surface area contributed by atoms with Crippen molar-refractivity contribution < 1.29 is 14.3 Å². The summed E-state index contributed by atoms with van der Waals surface area (Å²) in [6.07, 6.45) is 0.451. The van der Waals surface area contributed by atoms with E-state index in [9.17, 15) is 9.59 Å². The molecule has 0 aliphatic carbocycles. The summed E-state index contributed by atoms with van der Waals surface area (Å²) in [5.41, 5.74) is 1.90. The van der Waals surface area contributed by atoms with Crippen LogP contribution in [0.25, 0.3) is 0 Å². The van der Waals surface area contributed by atoms with E-state index in [-0.39, 0.29) is 12.2 Å². The van der Waals surface area contributed by atoms with Gasteiger partial charge in [0.1, 0.15) is 0 Å². The van der Waals surface area contributed by atoms with Crippen molar-refractivity contribution in [1.29, 1.82) is 0 Å². The smallest absolute Gasteiger partial charge is 0.341 e. The first-order valence-electron chi connectivity index (χ1n) is 11.7. The van der Waals surface area contributed by atoms with Gasteiger partial charge in [-0.3, -0.25) is 4.79 Å². The van der Waals surface area contributed by atoms with Crippen molar-refractivity contribution in [3.8, 4) is 0 Å². The fourth-order valence-corrected chi connectivity index (χ4v) is 4.67. The topological polar surface area (TPSA) is 55.7 Å². The largest absolute Gasteiger partial charge is 0.405 e. The molecule has 0 amide bonds. The first kappa shape index (κ1) is 22.5. The molecule has 0 saturated heterocycles. The van der Waals surface area contributed by atoms with E-state index in [0.717, 1.165) is 16.7 Å². The highest BCUT2D eigenvalue weighted by Gasteiger charge is 2.53. The molecule has 2 atom stereocenters. The van der Waals surface area contributed by atoms with Gasteiger partial charge in [0.25, 0.3) is 0 Å². The number of hydrogen-bond donors (Lipinski definition) is 0. The normalized spacial score (nSPS) is 17.9. The average Bonchev–Trinajstić information content (AvgIpc) is 3.25. The number of nitrogens with zero attached hydrogens (tertiary/aromatic N) is 1. The molecule has 172 valence electrons. The maximum absolute atomic E-state index is 13.8. The number of cyclic esters (lactones) is 1. The van der Waals surface area contributed by atoms with Gasteiger partial charge in [-0.25, -0.2) is 9.79 Å². The van der Waals surface area contributed by atoms with Gasteiger partial charge in [-0.1, -0.05) is 109 Å². The molecule has 4 heteroatoms. The summed E-state index contributed by atoms with van der Waals surface area (Å²) in [4.78, 5) is 32.2. The second kappa shape index (κ2) is 9.90. The summed E-state index contributed by atoms with van der Waals surface area (Å²) < 4.78 is 5.83. The van der Waals surface area contributed by atoms with Crippen LogP contribution < -0.4 is 0 Å². The zero-order valence-corrected chi connectivity index (χ0v) is 19.2. The van der Waals surface area contributed by atoms with E-state index in [4.69, 9.17) is 9.73 Å². The molecule has 5 rings (SSSR count). The van der Waals surface area contributed by atoms with Gasteiger partial charge in [0.05, 0.1) is 0 Å². The Morgan fingerprint density at radius 2 is 1.29 bits per heavy atom. The van der Waals surface area contributed by atoms with Gasteiger partial charge in [0.15, 0.2) is 11.3 Å².